The Balaban J connectivity index is 2.39. The van der Waals surface area contributed by atoms with Gasteiger partial charge in [0.25, 0.3) is 5.56 Å². The fourth-order valence-electron chi connectivity index (χ4n) is 1.47. The molecule has 0 aliphatic rings. The van der Waals surface area contributed by atoms with Crippen LogP contribution in [-0.2, 0) is 6.54 Å². The Bertz CT molecular complexity index is 639. The first-order valence-electron chi connectivity index (χ1n) is 5.08. The first-order chi connectivity index (χ1) is 8.20. The van der Waals surface area contributed by atoms with Crippen molar-refractivity contribution in [1.29, 1.82) is 5.26 Å². The lowest BCUT2D eigenvalue weighted by molar-refractivity contribution is 0.633. The SMILES string of the molecule is Cc1cnn(Cc2cccnc2C#N)c(=O)c1. The normalized spacial score (nSPS) is 9.88. The average Bonchev–Trinajstić information content (AvgIpc) is 2.33. The maximum Gasteiger partial charge on any atom is 0.267 e. The van der Waals surface area contributed by atoms with E-state index in [0.29, 0.717) is 11.3 Å². The van der Waals surface area contributed by atoms with Crippen LogP contribution >= 0.6 is 0 Å². The zero-order valence-corrected chi connectivity index (χ0v) is 9.29. The van der Waals surface area contributed by atoms with Crippen molar-refractivity contribution in [3.05, 3.63) is 57.8 Å². The minimum Gasteiger partial charge on any atom is -0.268 e. The molecule has 0 radical (unpaired) electrons. The molecular weight excluding hydrogens is 216 g/mol. The molecule has 17 heavy (non-hydrogen) atoms. The number of nitriles is 1. The predicted octanol–water partition coefficient (Wildman–Crippen LogP) is 0.867. The highest BCUT2D eigenvalue weighted by Crippen LogP contribution is 2.04. The van der Waals surface area contributed by atoms with Crippen LogP contribution in [0.25, 0.3) is 0 Å². The molecule has 0 saturated heterocycles. The van der Waals surface area contributed by atoms with E-state index in [1.165, 1.54) is 10.7 Å². The van der Waals surface area contributed by atoms with Gasteiger partial charge >= 0.3 is 0 Å². The zero-order valence-electron chi connectivity index (χ0n) is 9.29. The van der Waals surface area contributed by atoms with Crippen molar-refractivity contribution < 1.29 is 0 Å². The highest BCUT2D eigenvalue weighted by atomic mass is 16.1. The molecule has 2 heterocycles. The van der Waals surface area contributed by atoms with Crippen LogP contribution in [0.15, 0.2) is 35.4 Å². The van der Waals surface area contributed by atoms with Crippen molar-refractivity contribution in [2.45, 2.75) is 13.5 Å². The lowest BCUT2D eigenvalue weighted by Crippen LogP contribution is -2.23. The quantitative estimate of drug-likeness (QED) is 0.761. The van der Waals surface area contributed by atoms with Crippen molar-refractivity contribution in [3.8, 4) is 6.07 Å². The van der Waals surface area contributed by atoms with E-state index in [-0.39, 0.29) is 12.1 Å². The molecule has 0 aromatic carbocycles. The molecular formula is C12H10N4O. The summed E-state index contributed by atoms with van der Waals surface area (Å²) in [6.07, 6.45) is 3.16. The summed E-state index contributed by atoms with van der Waals surface area (Å²) in [5, 5.41) is 12.9. The van der Waals surface area contributed by atoms with E-state index in [4.69, 9.17) is 5.26 Å². The summed E-state index contributed by atoms with van der Waals surface area (Å²) in [6.45, 7) is 2.07. The summed E-state index contributed by atoms with van der Waals surface area (Å²) in [5.74, 6) is 0. The van der Waals surface area contributed by atoms with Crippen molar-refractivity contribution in [2.24, 2.45) is 0 Å². The molecule has 5 nitrogen and oxygen atoms in total. The Morgan fingerprint density at radius 3 is 3.06 bits per heavy atom. The minimum absolute atomic E-state index is 0.183. The van der Waals surface area contributed by atoms with Crippen LogP contribution in [0.4, 0.5) is 0 Å². The van der Waals surface area contributed by atoms with Gasteiger partial charge in [0.1, 0.15) is 11.8 Å². The Morgan fingerprint density at radius 2 is 2.35 bits per heavy atom. The van der Waals surface area contributed by atoms with E-state index >= 15 is 0 Å². The van der Waals surface area contributed by atoms with Crippen LogP contribution < -0.4 is 5.56 Å². The fraction of sp³-hybridized carbons (Fsp3) is 0.167. The predicted molar refractivity (Wildman–Crippen MR) is 61.3 cm³/mol. The highest BCUT2D eigenvalue weighted by Gasteiger charge is 2.05. The van der Waals surface area contributed by atoms with Crippen LogP contribution in [-0.4, -0.2) is 14.8 Å². The Morgan fingerprint density at radius 1 is 1.53 bits per heavy atom. The molecule has 0 saturated carbocycles. The number of pyridine rings is 1. The van der Waals surface area contributed by atoms with E-state index in [1.54, 1.807) is 24.5 Å². The lowest BCUT2D eigenvalue weighted by Gasteiger charge is -2.05. The molecule has 2 aromatic heterocycles. The number of hydrogen-bond acceptors (Lipinski definition) is 4. The number of hydrogen-bond donors (Lipinski definition) is 0. The molecule has 0 aliphatic carbocycles. The number of nitrogens with zero attached hydrogens (tertiary/aromatic N) is 4. The monoisotopic (exact) mass is 226 g/mol. The van der Waals surface area contributed by atoms with Crippen molar-refractivity contribution >= 4 is 0 Å². The van der Waals surface area contributed by atoms with Crippen LogP contribution in [0, 0.1) is 18.3 Å². The highest BCUT2D eigenvalue weighted by molar-refractivity contribution is 5.30. The molecule has 0 unspecified atom stereocenters. The van der Waals surface area contributed by atoms with Crippen LogP contribution in [0.2, 0.25) is 0 Å². The van der Waals surface area contributed by atoms with Gasteiger partial charge in [-0.1, -0.05) is 6.07 Å². The third-order valence-corrected chi connectivity index (χ3v) is 2.32. The summed E-state index contributed by atoms with van der Waals surface area (Å²) < 4.78 is 1.31. The van der Waals surface area contributed by atoms with Crippen molar-refractivity contribution in [1.82, 2.24) is 14.8 Å². The molecule has 2 rings (SSSR count). The van der Waals surface area contributed by atoms with E-state index in [2.05, 4.69) is 10.1 Å². The summed E-state index contributed by atoms with van der Waals surface area (Å²) in [4.78, 5) is 15.6. The third kappa shape index (κ3) is 2.37. The van der Waals surface area contributed by atoms with Crippen molar-refractivity contribution in [2.75, 3.05) is 0 Å². The van der Waals surface area contributed by atoms with Gasteiger partial charge in [-0.2, -0.15) is 10.4 Å². The van der Waals surface area contributed by atoms with E-state index in [0.717, 1.165) is 5.56 Å². The number of aromatic nitrogens is 3. The molecule has 0 bridgehead atoms. The molecule has 0 fully saturated rings. The smallest absolute Gasteiger partial charge is 0.267 e. The van der Waals surface area contributed by atoms with Crippen molar-refractivity contribution in [3.63, 3.8) is 0 Å². The van der Waals surface area contributed by atoms with Gasteiger partial charge < -0.3 is 0 Å². The minimum atomic E-state index is -0.183. The fourth-order valence-corrected chi connectivity index (χ4v) is 1.47. The van der Waals surface area contributed by atoms with Gasteiger partial charge in [-0.15, -0.1) is 0 Å². The Labute approximate surface area is 98.0 Å². The summed E-state index contributed by atoms with van der Waals surface area (Å²) in [7, 11) is 0. The van der Waals surface area contributed by atoms with Gasteiger partial charge in [0.2, 0.25) is 0 Å². The first kappa shape index (κ1) is 11.0. The maximum absolute atomic E-state index is 11.6. The van der Waals surface area contributed by atoms with Gasteiger partial charge in [0, 0.05) is 17.8 Å². The second-order valence-electron chi connectivity index (χ2n) is 3.65. The number of aryl methyl sites for hydroxylation is 1. The summed E-state index contributed by atoms with van der Waals surface area (Å²) >= 11 is 0. The molecule has 0 aliphatic heterocycles. The molecule has 0 atom stereocenters. The standard InChI is InChI=1S/C12H10N4O/c1-9-5-12(17)16(15-7-9)8-10-3-2-4-14-11(10)6-13/h2-5,7H,8H2,1H3. The number of rotatable bonds is 2. The van der Waals surface area contributed by atoms with Gasteiger partial charge in [-0.3, -0.25) is 4.79 Å². The molecule has 0 amide bonds. The molecule has 2 aromatic rings. The van der Waals surface area contributed by atoms with Gasteiger partial charge in [-0.25, -0.2) is 9.67 Å². The molecule has 0 spiro atoms. The van der Waals surface area contributed by atoms with E-state index in [1.807, 2.05) is 13.0 Å². The average molecular weight is 226 g/mol. The van der Waals surface area contributed by atoms with E-state index in [9.17, 15) is 4.79 Å². The maximum atomic E-state index is 11.6. The third-order valence-electron chi connectivity index (χ3n) is 2.32. The van der Waals surface area contributed by atoms with Crippen LogP contribution in [0.3, 0.4) is 0 Å². The van der Waals surface area contributed by atoms with Gasteiger partial charge in [0.05, 0.1) is 12.7 Å². The molecule has 0 N–H and O–H groups in total. The lowest BCUT2D eigenvalue weighted by atomic mass is 10.2. The molecule has 84 valence electrons. The van der Waals surface area contributed by atoms with E-state index < -0.39 is 0 Å². The van der Waals surface area contributed by atoms with Crippen LogP contribution in [0.1, 0.15) is 16.8 Å². The Kier molecular flexibility index (Phi) is 2.97. The van der Waals surface area contributed by atoms with Crippen LogP contribution in [0.5, 0.6) is 0 Å². The zero-order chi connectivity index (χ0) is 12.3. The Hall–Kier alpha value is -2.48. The second kappa shape index (κ2) is 4.58. The summed E-state index contributed by atoms with van der Waals surface area (Å²) in [5.41, 5.74) is 1.64. The molecule has 5 heteroatoms. The largest absolute Gasteiger partial charge is 0.268 e. The van der Waals surface area contributed by atoms with Gasteiger partial charge in [-0.05, 0) is 18.6 Å². The second-order valence-corrected chi connectivity index (χ2v) is 3.65. The van der Waals surface area contributed by atoms with Gasteiger partial charge in [0.15, 0.2) is 0 Å². The first-order valence-corrected chi connectivity index (χ1v) is 5.08. The summed E-state index contributed by atoms with van der Waals surface area (Å²) in [6, 6.07) is 7.00. The topological polar surface area (TPSA) is 71.6 Å².